The summed E-state index contributed by atoms with van der Waals surface area (Å²) >= 11 is 1.38. The number of benzene rings is 1. The predicted molar refractivity (Wildman–Crippen MR) is 112 cm³/mol. The second kappa shape index (κ2) is 8.96. The van der Waals surface area contributed by atoms with Crippen LogP contribution in [0.5, 0.6) is 5.75 Å². The van der Waals surface area contributed by atoms with Gasteiger partial charge in [0.1, 0.15) is 17.6 Å². The highest BCUT2D eigenvalue weighted by Crippen LogP contribution is 2.35. The molecule has 3 heterocycles. The molecule has 3 aromatic rings. The summed E-state index contributed by atoms with van der Waals surface area (Å²) in [5, 5.41) is 7.97. The van der Waals surface area contributed by atoms with Gasteiger partial charge >= 0.3 is 5.97 Å². The third-order valence-electron chi connectivity index (χ3n) is 4.57. The Hall–Kier alpha value is -3.39. The third kappa shape index (κ3) is 4.28. The minimum Gasteiger partial charge on any atom is -0.482 e. The third-order valence-corrected chi connectivity index (χ3v) is 5.43. The summed E-state index contributed by atoms with van der Waals surface area (Å²) in [4.78, 5) is 25.0. The van der Waals surface area contributed by atoms with Crippen LogP contribution in [-0.2, 0) is 9.53 Å². The molecular weight excluding hydrogens is 404 g/mol. The fourth-order valence-electron chi connectivity index (χ4n) is 3.18. The number of carbonyl (C=O) groups is 2. The first kappa shape index (κ1) is 19.9. The van der Waals surface area contributed by atoms with E-state index in [-0.39, 0.29) is 18.6 Å². The highest BCUT2D eigenvalue weighted by molar-refractivity contribution is 7.12. The van der Waals surface area contributed by atoms with E-state index in [1.807, 2.05) is 29.6 Å². The molecular formula is C22H20N2O5S. The summed E-state index contributed by atoms with van der Waals surface area (Å²) in [7, 11) is 0. The van der Waals surface area contributed by atoms with Gasteiger partial charge in [0.15, 0.2) is 6.61 Å². The molecule has 0 radical (unpaired) electrons. The molecule has 154 valence electrons. The summed E-state index contributed by atoms with van der Waals surface area (Å²) in [6.07, 6.45) is 2.13. The topological polar surface area (TPSA) is 81.3 Å². The van der Waals surface area contributed by atoms with Crippen molar-refractivity contribution >= 4 is 28.9 Å². The van der Waals surface area contributed by atoms with Crippen LogP contribution in [0.3, 0.4) is 0 Å². The van der Waals surface area contributed by atoms with Crippen LogP contribution in [0.2, 0.25) is 0 Å². The minimum absolute atomic E-state index is 0.141. The molecule has 0 saturated carbocycles. The Kier molecular flexibility index (Phi) is 5.94. The maximum Gasteiger partial charge on any atom is 0.344 e. The number of ether oxygens (including phenoxy) is 2. The lowest BCUT2D eigenvalue weighted by Crippen LogP contribution is -2.26. The summed E-state index contributed by atoms with van der Waals surface area (Å²) < 4.78 is 15.9. The molecule has 4 rings (SSSR count). The molecule has 7 nitrogen and oxygen atoms in total. The number of thiophene rings is 1. The van der Waals surface area contributed by atoms with E-state index >= 15 is 0 Å². The number of rotatable bonds is 7. The van der Waals surface area contributed by atoms with Gasteiger partial charge in [-0.2, -0.15) is 5.10 Å². The Morgan fingerprint density at radius 3 is 2.70 bits per heavy atom. The second-order valence-corrected chi connectivity index (χ2v) is 7.47. The average Bonchev–Trinajstić information content (AvgIpc) is 3.53. The Morgan fingerprint density at radius 2 is 2.03 bits per heavy atom. The summed E-state index contributed by atoms with van der Waals surface area (Å²) in [6.45, 7) is 1.92. The molecule has 1 aliphatic rings. The largest absolute Gasteiger partial charge is 0.482 e. The van der Waals surface area contributed by atoms with Gasteiger partial charge in [-0.1, -0.05) is 6.07 Å². The van der Waals surface area contributed by atoms with Crippen LogP contribution >= 0.6 is 11.3 Å². The molecule has 0 N–H and O–H groups in total. The van der Waals surface area contributed by atoms with Gasteiger partial charge in [0, 0.05) is 6.42 Å². The van der Waals surface area contributed by atoms with E-state index in [0.717, 1.165) is 11.3 Å². The van der Waals surface area contributed by atoms with Crippen molar-refractivity contribution in [3.8, 4) is 5.75 Å². The number of amides is 1. The molecule has 1 aliphatic heterocycles. The lowest BCUT2D eigenvalue weighted by Gasteiger charge is -2.18. The molecule has 1 aromatic carbocycles. The lowest BCUT2D eigenvalue weighted by molar-refractivity contribution is -0.145. The van der Waals surface area contributed by atoms with Gasteiger partial charge in [-0.3, -0.25) is 4.79 Å². The molecule has 0 bridgehead atoms. The summed E-state index contributed by atoms with van der Waals surface area (Å²) in [5.74, 6) is 0.675. The van der Waals surface area contributed by atoms with Gasteiger partial charge in [-0.05, 0) is 60.3 Å². The molecule has 30 heavy (non-hydrogen) atoms. The van der Waals surface area contributed by atoms with Crippen LogP contribution in [0.25, 0.3) is 0 Å². The van der Waals surface area contributed by atoms with Crippen molar-refractivity contribution in [2.45, 2.75) is 19.4 Å². The Bertz CT molecular complexity index is 1030. The molecule has 1 amide bonds. The Labute approximate surface area is 177 Å². The lowest BCUT2D eigenvalue weighted by atomic mass is 10.0. The number of hydrogen-bond acceptors (Lipinski definition) is 7. The van der Waals surface area contributed by atoms with Crippen LogP contribution in [0.15, 0.2) is 69.7 Å². The predicted octanol–water partition coefficient (Wildman–Crippen LogP) is 4.27. The first-order chi connectivity index (χ1) is 14.7. The van der Waals surface area contributed by atoms with Crippen molar-refractivity contribution in [3.05, 3.63) is 76.4 Å². The van der Waals surface area contributed by atoms with Crippen LogP contribution < -0.4 is 4.74 Å². The smallest absolute Gasteiger partial charge is 0.344 e. The van der Waals surface area contributed by atoms with E-state index in [1.165, 1.54) is 16.3 Å². The first-order valence-corrected chi connectivity index (χ1v) is 10.4. The van der Waals surface area contributed by atoms with Gasteiger partial charge in [-0.25, -0.2) is 9.80 Å². The van der Waals surface area contributed by atoms with E-state index in [0.29, 0.717) is 29.4 Å². The van der Waals surface area contributed by atoms with Gasteiger partial charge in [-0.15, -0.1) is 11.3 Å². The molecule has 0 unspecified atom stereocenters. The standard InChI is InChI=1S/C22H20N2O5S/c1-2-27-21(25)14-29-16-9-7-15(8-10-16)17-13-18(19-5-3-11-28-19)24(23-17)22(26)20-6-4-12-30-20/h3-12,18H,2,13-14H2,1H3/t18-/m0/s1. The van der Waals surface area contributed by atoms with Crippen LogP contribution in [0.4, 0.5) is 0 Å². The normalized spacial score (nSPS) is 15.7. The molecule has 1 atom stereocenters. The van der Waals surface area contributed by atoms with E-state index in [4.69, 9.17) is 13.9 Å². The summed E-state index contributed by atoms with van der Waals surface area (Å²) in [5.41, 5.74) is 1.65. The first-order valence-electron chi connectivity index (χ1n) is 9.52. The van der Waals surface area contributed by atoms with Crippen LogP contribution in [0.1, 0.15) is 40.4 Å². The van der Waals surface area contributed by atoms with Crippen molar-refractivity contribution < 1.29 is 23.5 Å². The van der Waals surface area contributed by atoms with E-state index in [2.05, 4.69) is 5.10 Å². The zero-order valence-corrected chi connectivity index (χ0v) is 17.1. The highest BCUT2D eigenvalue weighted by atomic mass is 32.1. The maximum atomic E-state index is 13.0. The fourth-order valence-corrected chi connectivity index (χ4v) is 3.83. The van der Waals surface area contributed by atoms with Crippen LogP contribution in [0, 0.1) is 0 Å². The number of furan rings is 1. The number of carbonyl (C=O) groups excluding carboxylic acids is 2. The van der Waals surface area contributed by atoms with E-state index in [9.17, 15) is 9.59 Å². The molecule has 2 aromatic heterocycles. The van der Waals surface area contributed by atoms with Crippen molar-refractivity contribution in [2.75, 3.05) is 13.2 Å². The van der Waals surface area contributed by atoms with Crippen molar-refractivity contribution in [1.82, 2.24) is 5.01 Å². The molecule has 0 saturated heterocycles. The number of esters is 1. The molecule has 0 aliphatic carbocycles. The number of hydrogen-bond donors (Lipinski definition) is 0. The van der Waals surface area contributed by atoms with Crippen molar-refractivity contribution in [3.63, 3.8) is 0 Å². The fraction of sp³-hybridized carbons (Fsp3) is 0.227. The van der Waals surface area contributed by atoms with Crippen LogP contribution in [-0.4, -0.2) is 35.8 Å². The van der Waals surface area contributed by atoms with Gasteiger partial charge in [0.25, 0.3) is 5.91 Å². The molecule has 8 heteroatoms. The minimum atomic E-state index is -0.411. The average molecular weight is 424 g/mol. The van der Waals surface area contributed by atoms with E-state index < -0.39 is 5.97 Å². The van der Waals surface area contributed by atoms with Gasteiger partial charge in [0.2, 0.25) is 0 Å². The van der Waals surface area contributed by atoms with E-state index in [1.54, 1.807) is 37.5 Å². The van der Waals surface area contributed by atoms with Crippen molar-refractivity contribution in [2.24, 2.45) is 5.10 Å². The zero-order chi connectivity index (χ0) is 20.9. The molecule has 0 spiro atoms. The monoisotopic (exact) mass is 424 g/mol. The summed E-state index contributed by atoms with van der Waals surface area (Å²) in [6, 6.07) is 14.2. The van der Waals surface area contributed by atoms with Gasteiger partial charge < -0.3 is 13.9 Å². The quantitative estimate of drug-likeness (QED) is 0.529. The SMILES string of the molecule is CCOC(=O)COc1ccc(C2=NN(C(=O)c3cccs3)[C@H](c3ccco3)C2)cc1. The maximum absolute atomic E-state index is 13.0. The molecule has 0 fully saturated rings. The Balaban J connectivity index is 1.52. The van der Waals surface area contributed by atoms with Crippen molar-refractivity contribution in [1.29, 1.82) is 0 Å². The van der Waals surface area contributed by atoms with Gasteiger partial charge in [0.05, 0.1) is 23.5 Å². The number of nitrogens with zero attached hydrogens (tertiary/aromatic N) is 2. The zero-order valence-electron chi connectivity index (χ0n) is 16.3. The number of hydrazone groups is 1. The second-order valence-electron chi connectivity index (χ2n) is 6.53. The Morgan fingerprint density at radius 1 is 1.20 bits per heavy atom. The highest BCUT2D eigenvalue weighted by Gasteiger charge is 2.35.